The molecule has 0 amide bonds. The molecule has 178 valence electrons. The van der Waals surface area contributed by atoms with Crippen LogP contribution >= 0.6 is 58.0 Å². The quantitative estimate of drug-likeness (QED) is 0.111. The van der Waals surface area contributed by atoms with Crippen LogP contribution in [0.5, 0.6) is 11.5 Å². The molecule has 3 rings (SSSR count). The van der Waals surface area contributed by atoms with E-state index in [1.165, 1.54) is 24.3 Å². The minimum absolute atomic E-state index is 0.00765. The maximum absolute atomic E-state index is 13.0. The molecule has 0 heterocycles. The highest BCUT2D eigenvalue weighted by molar-refractivity contribution is 7.89. The first-order chi connectivity index (χ1) is 15.8. The van der Waals surface area contributed by atoms with Crippen LogP contribution in [0.15, 0.2) is 53.4 Å². The lowest BCUT2D eigenvalue weighted by Crippen LogP contribution is -2.42. The summed E-state index contributed by atoms with van der Waals surface area (Å²) in [5, 5.41) is 18.8. The van der Waals surface area contributed by atoms with E-state index < -0.39 is 25.7 Å². The number of nitrogens with zero attached hydrogens (tertiary/aromatic N) is 2. The Labute approximate surface area is 218 Å². The second-order valence-electron chi connectivity index (χ2n) is 6.50. The molecular formula is C19H11Cl5N4O5S. The number of sulfonamides is 1. The zero-order valence-electron chi connectivity index (χ0n) is 16.4. The summed E-state index contributed by atoms with van der Waals surface area (Å²) in [6.45, 7) is 0. The van der Waals surface area contributed by atoms with Crippen molar-refractivity contribution in [3.05, 3.63) is 89.3 Å². The smallest absolute Gasteiger partial charge is 0.279 e. The predicted octanol–water partition coefficient (Wildman–Crippen LogP) is 6.54. The first-order valence-electron chi connectivity index (χ1n) is 8.77. The van der Waals surface area contributed by atoms with E-state index in [1.54, 1.807) is 0 Å². The van der Waals surface area contributed by atoms with Gasteiger partial charge in [-0.3, -0.25) is 15.5 Å². The number of rotatable bonds is 6. The molecule has 34 heavy (non-hydrogen) atoms. The summed E-state index contributed by atoms with van der Waals surface area (Å²) in [5.74, 6) is 4.95. The number of hydrogen-bond acceptors (Lipinski definition) is 7. The topological polar surface area (TPSA) is 140 Å². The third-order valence-corrected chi connectivity index (χ3v) is 7.05. The summed E-state index contributed by atoms with van der Waals surface area (Å²) < 4.78 is 31.8. The van der Waals surface area contributed by atoms with E-state index in [0.29, 0.717) is 0 Å². The Bertz CT molecular complexity index is 1390. The lowest BCUT2D eigenvalue weighted by atomic mass is 10.2. The maximum atomic E-state index is 13.0. The van der Waals surface area contributed by atoms with Gasteiger partial charge in [0.15, 0.2) is 11.6 Å². The molecule has 0 aliphatic carbocycles. The van der Waals surface area contributed by atoms with Crippen molar-refractivity contribution in [2.45, 2.75) is 4.90 Å². The zero-order chi connectivity index (χ0) is 25.4. The molecule has 0 atom stereocenters. The number of nitro benzene ring substituents is 1. The van der Waals surface area contributed by atoms with Crippen molar-refractivity contribution in [3.8, 4) is 11.5 Å². The molecule has 9 nitrogen and oxygen atoms in total. The first-order valence-corrected chi connectivity index (χ1v) is 12.1. The van der Waals surface area contributed by atoms with Gasteiger partial charge in [0.2, 0.25) is 0 Å². The predicted molar refractivity (Wildman–Crippen MR) is 131 cm³/mol. The molecular weight excluding hydrogens is 574 g/mol. The van der Waals surface area contributed by atoms with E-state index in [4.69, 9.17) is 74.0 Å². The minimum Gasteiger partial charge on any atom is -0.453 e. The van der Waals surface area contributed by atoms with Crippen molar-refractivity contribution in [2.24, 2.45) is 5.84 Å². The summed E-state index contributed by atoms with van der Waals surface area (Å²) in [4.78, 5) is 9.78. The number of nitro groups is 1. The third kappa shape index (κ3) is 5.49. The highest BCUT2D eigenvalue weighted by Crippen LogP contribution is 2.41. The van der Waals surface area contributed by atoms with Gasteiger partial charge in [-0.1, -0.05) is 58.0 Å². The van der Waals surface area contributed by atoms with Crippen LogP contribution in [-0.4, -0.2) is 23.6 Å². The average molecular weight is 585 g/mol. The standard InChI is InChI=1S/C19H11Cl5N4O5S/c20-10-3-9(4-11(21)5-10)19(25)27(26)34(31,32)13-7-15(23)18(16(24)8-13)33-17-2-1-12(28(29)30)6-14(17)22/h1-8,25H,26H2. The first kappa shape index (κ1) is 26.3. The number of amidine groups is 1. The molecule has 0 aliphatic heterocycles. The van der Waals surface area contributed by atoms with Gasteiger partial charge >= 0.3 is 0 Å². The number of nitrogens with two attached hydrogens (primary N) is 1. The zero-order valence-corrected chi connectivity index (χ0v) is 21.0. The van der Waals surface area contributed by atoms with E-state index in [2.05, 4.69) is 0 Å². The molecule has 0 fully saturated rings. The Morgan fingerprint density at radius 1 is 0.941 bits per heavy atom. The third-order valence-electron chi connectivity index (χ3n) is 4.22. The van der Waals surface area contributed by atoms with Crippen molar-refractivity contribution < 1.29 is 18.1 Å². The van der Waals surface area contributed by atoms with E-state index in [0.717, 1.165) is 24.3 Å². The summed E-state index contributed by atoms with van der Waals surface area (Å²) in [6, 6.07) is 9.51. The fourth-order valence-corrected chi connectivity index (χ4v) is 5.17. The van der Waals surface area contributed by atoms with Crippen LogP contribution < -0.4 is 10.6 Å². The maximum Gasteiger partial charge on any atom is 0.279 e. The Morgan fingerprint density at radius 2 is 1.50 bits per heavy atom. The number of halogens is 5. The molecule has 3 aromatic rings. The number of hydrogen-bond donors (Lipinski definition) is 2. The molecule has 3 aromatic carbocycles. The van der Waals surface area contributed by atoms with Gasteiger partial charge in [-0.15, -0.1) is 0 Å². The van der Waals surface area contributed by atoms with Crippen LogP contribution in [0.2, 0.25) is 25.1 Å². The normalized spacial score (nSPS) is 11.2. The number of non-ortho nitro benzene ring substituents is 1. The van der Waals surface area contributed by atoms with Gasteiger partial charge in [0, 0.05) is 27.7 Å². The molecule has 15 heteroatoms. The van der Waals surface area contributed by atoms with Gasteiger partial charge in [-0.05, 0) is 36.4 Å². The fraction of sp³-hybridized carbons (Fsp3) is 0. The van der Waals surface area contributed by atoms with Crippen LogP contribution in [0.4, 0.5) is 5.69 Å². The van der Waals surface area contributed by atoms with Gasteiger partial charge in [0.25, 0.3) is 15.7 Å². The van der Waals surface area contributed by atoms with Crippen molar-refractivity contribution in [2.75, 3.05) is 0 Å². The van der Waals surface area contributed by atoms with E-state index in [1.807, 2.05) is 0 Å². The second kappa shape index (κ2) is 10.1. The van der Waals surface area contributed by atoms with Gasteiger partial charge in [0.1, 0.15) is 5.75 Å². The number of hydrazine groups is 1. The molecule has 0 unspecified atom stereocenters. The van der Waals surface area contributed by atoms with E-state index in [-0.39, 0.29) is 52.3 Å². The molecule has 0 saturated carbocycles. The van der Waals surface area contributed by atoms with Crippen LogP contribution in [0.1, 0.15) is 5.56 Å². The highest BCUT2D eigenvalue weighted by Gasteiger charge is 2.28. The van der Waals surface area contributed by atoms with Crippen molar-refractivity contribution >= 4 is 79.6 Å². The van der Waals surface area contributed by atoms with Gasteiger partial charge in [0.05, 0.1) is 24.9 Å². The second-order valence-corrected chi connectivity index (χ2v) is 10.4. The summed E-state index contributed by atoms with van der Waals surface area (Å²) >= 11 is 30.2. The largest absolute Gasteiger partial charge is 0.453 e. The van der Waals surface area contributed by atoms with E-state index >= 15 is 0 Å². The monoisotopic (exact) mass is 582 g/mol. The lowest BCUT2D eigenvalue weighted by Gasteiger charge is -2.20. The van der Waals surface area contributed by atoms with Gasteiger partial charge < -0.3 is 4.74 Å². The van der Waals surface area contributed by atoms with Crippen molar-refractivity contribution in [3.63, 3.8) is 0 Å². The SMILES string of the molecule is N=C(c1cc(Cl)cc(Cl)c1)N(N)S(=O)(=O)c1cc(Cl)c(Oc2ccc([N+](=O)[O-])cc2Cl)c(Cl)c1. The number of benzene rings is 3. The Hall–Kier alpha value is -2.31. The van der Waals surface area contributed by atoms with E-state index in [9.17, 15) is 18.5 Å². The van der Waals surface area contributed by atoms with Crippen LogP contribution in [-0.2, 0) is 10.0 Å². The number of nitrogens with one attached hydrogen (secondary N) is 1. The van der Waals surface area contributed by atoms with Crippen LogP contribution in [0.25, 0.3) is 0 Å². The fourth-order valence-electron chi connectivity index (χ4n) is 2.63. The number of ether oxygens (including phenoxy) is 1. The Balaban J connectivity index is 1.94. The van der Waals surface area contributed by atoms with Gasteiger partial charge in [-0.2, -0.15) is 12.8 Å². The van der Waals surface area contributed by atoms with Crippen molar-refractivity contribution in [1.29, 1.82) is 5.41 Å². The van der Waals surface area contributed by atoms with Gasteiger partial charge in [-0.25, -0.2) is 5.84 Å². The van der Waals surface area contributed by atoms with Crippen molar-refractivity contribution in [1.82, 2.24) is 4.41 Å². The summed E-state index contributed by atoms with van der Waals surface area (Å²) in [5.41, 5.74) is -0.212. The molecule has 0 radical (unpaired) electrons. The minimum atomic E-state index is -4.50. The highest BCUT2D eigenvalue weighted by atomic mass is 35.5. The molecule has 0 aliphatic rings. The summed E-state index contributed by atoms with van der Waals surface area (Å²) in [6.07, 6.45) is 0. The molecule has 0 aromatic heterocycles. The Kier molecular flexibility index (Phi) is 7.83. The van der Waals surface area contributed by atoms with Crippen LogP contribution in [0, 0.1) is 15.5 Å². The average Bonchev–Trinajstić information content (AvgIpc) is 2.75. The lowest BCUT2D eigenvalue weighted by molar-refractivity contribution is -0.384. The van der Waals surface area contributed by atoms with Crippen LogP contribution in [0.3, 0.4) is 0 Å². The molecule has 0 spiro atoms. The molecule has 0 saturated heterocycles. The summed E-state index contributed by atoms with van der Waals surface area (Å²) in [7, 11) is -4.50. The molecule has 3 N–H and O–H groups in total. The molecule has 0 bridgehead atoms. The Morgan fingerprint density at radius 3 is 2.00 bits per heavy atom.